The van der Waals surface area contributed by atoms with Crippen LogP contribution in [0.15, 0.2) is 0 Å². The predicted molar refractivity (Wildman–Crippen MR) is 40.4 cm³/mol. The average Bonchev–Trinajstić information content (AvgIpc) is 2.56. The number of hydrogen-bond donors (Lipinski definition) is 0. The molecule has 6 unspecified atom stereocenters. The van der Waals surface area contributed by atoms with Crippen LogP contribution in [-0.2, 0) is 14.3 Å². The molecule has 0 radical (unpaired) electrons. The van der Waals surface area contributed by atoms with Crippen LogP contribution in [0.1, 0.15) is 13.8 Å². The van der Waals surface area contributed by atoms with E-state index < -0.39 is 0 Å². The van der Waals surface area contributed by atoms with Gasteiger partial charge in [-0.25, -0.2) is 0 Å². The van der Waals surface area contributed by atoms with Gasteiger partial charge in [-0.1, -0.05) is 13.8 Å². The zero-order chi connectivity index (χ0) is 8.46. The Morgan fingerprint density at radius 3 is 2.50 bits per heavy atom. The smallest absolute Gasteiger partial charge is 0.312 e. The molecule has 3 rings (SSSR count). The molecule has 3 heteroatoms. The van der Waals surface area contributed by atoms with Crippen molar-refractivity contribution < 1.29 is 14.3 Å². The third kappa shape index (κ3) is 0.534. The topological polar surface area (TPSA) is 35.5 Å². The lowest BCUT2D eigenvalue weighted by atomic mass is 9.76. The van der Waals surface area contributed by atoms with Crippen LogP contribution < -0.4 is 0 Å². The SMILES string of the molecule is CC1C2OC3C1OC(=O)C3C2C. The first kappa shape index (κ1) is 6.89. The van der Waals surface area contributed by atoms with E-state index in [4.69, 9.17) is 9.47 Å². The highest BCUT2D eigenvalue weighted by molar-refractivity contribution is 5.77. The molecule has 12 heavy (non-hydrogen) atoms. The van der Waals surface area contributed by atoms with Crippen molar-refractivity contribution in [3.63, 3.8) is 0 Å². The fourth-order valence-corrected chi connectivity index (χ4v) is 3.00. The molecule has 2 bridgehead atoms. The molecule has 0 aliphatic carbocycles. The van der Waals surface area contributed by atoms with E-state index in [-0.39, 0.29) is 30.2 Å². The number of rotatable bonds is 0. The summed E-state index contributed by atoms with van der Waals surface area (Å²) in [5.41, 5.74) is 0. The third-order valence-electron chi connectivity index (χ3n) is 3.64. The third-order valence-corrected chi connectivity index (χ3v) is 3.64. The van der Waals surface area contributed by atoms with Gasteiger partial charge < -0.3 is 9.47 Å². The van der Waals surface area contributed by atoms with Crippen molar-refractivity contribution >= 4 is 5.97 Å². The maximum absolute atomic E-state index is 11.3. The molecule has 6 atom stereocenters. The second-order valence-corrected chi connectivity index (χ2v) is 4.21. The summed E-state index contributed by atoms with van der Waals surface area (Å²) in [6, 6.07) is 0. The maximum atomic E-state index is 11.3. The standard InChI is InChI=1S/C9H12O3/c1-3-5-8-7(12-9(5)10)4(2)6(3)11-8/h3-8H,1-2H3. The molecule has 66 valence electrons. The lowest BCUT2D eigenvalue weighted by Gasteiger charge is -2.22. The number of ether oxygens (including phenoxy) is 2. The van der Waals surface area contributed by atoms with E-state index in [2.05, 4.69) is 13.8 Å². The molecular formula is C9H12O3. The van der Waals surface area contributed by atoms with Crippen LogP contribution >= 0.6 is 0 Å². The first-order chi connectivity index (χ1) is 5.70. The first-order valence-electron chi connectivity index (χ1n) is 4.56. The summed E-state index contributed by atoms with van der Waals surface area (Å²) in [6.45, 7) is 4.20. The maximum Gasteiger partial charge on any atom is 0.312 e. The highest BCUT2D eigenvalue weighted by atomic mass is 16.6. The summed E-state index contributed by atoms with van der Waals surface area (Å²) >= 11 is 0. The molecule has 0 aromatic rings. The van der Waals surface area contributed by atoms with Gasteiger partial charge in [0.05, 0.1) is 12.0 Å². The fraction of sp³-hybridized carbons (Fsp3) is 0.889. The van der Waals surface area contributed by atoms with E-state index in [9.17, 15) is 4.79 Å². The normalized spacial score (nSPS) is 61.0. The quantitative estimate of drug-likeness (QED) is 0.496. The Hall–Kier alpha value is -0.570. The van der Waals surface area contributed by atoms with Crippen molar-refractivity contribution in [2.24, 2.45) is 17.8 Å². The monoisotopic (exact) mass is 168 g/mol. The van der Waals surface area contributed by atoms with E-state index in [1.54, 1.807) is 0 Å². The Labute approximate surface area is 71.0 Å². The van der Waals surface area contributed by atoms with Gasteiger partial charge in [-0.2, -0.15) is 0 Å². The number of esters is 1. The number of carbonyl (C=O) groups excluding carboxylic acids is 1. The van der Waals surface area contributed by atoms with Crippen LogP contribution in [0.3, 0.4) is 0 Å². The van der Waals surface area contributed by atoms with E-state index in [1.165, 1.54) is 0 Å². The average molecular weight is 168 g/mol. The summed E-state index contributed by atoms with van der Waals surface area (Å²) in [7, 11) is 0. The summed E-state index contributed by atoms with van der Waals surface area (Å²) in [5, 5.41) is 0. The second kappa shape index (κ2) is 1.84. The Balaban J connectivity index is 2.06. The fourth-order valence-electron chi connectivity index (χ4n) is 3.00. The van der Waals surface area contributed by atoms with E-state index in [1.807, 2.05) is 0 Å². The highest BCUT2D eigenvalue weighted by Crippen LogP contribution is 2.52. The molecule has 0 spiro atoms. The predicted octanol–water partition coefficient (Wildman–Crippen LogP) is 0.581. The Morgan fingerprint density at radius 1 is 1.08 bits per heavy atom. The Morgan fingerprint density at radius 2 is 1.83 bits per heavy atom. The molecule has 3 saturated heterocycles. The van der Waals surface area contributed by atoms with Crippen molar-refractivity contribution in [1.29, 1.82) is 0 Å². The molecular weight excluding hydrogens is 156 g/mol. The minimum Gasteiger partial charge on any atom is -0.459 e. The van der Waals surface area contributed by atoms with Gasteiger partial charge in [0.25, 0.3) is 0 Å². The van der Waals surface area contributed by atoms with Crippen LogP contribution in [0.2, 0.25) is 0 Å². The summed E-state index contributed by atoms with van der Waals surface area (Å²) in [6.07, 6.45) is 0.396. The van der Waals surface area contributed by atoms with E-state index >= 15 is 0 Å². The molecule has 3 nitrogen and oxygen atoms in total. The highest BCUT2D eigenvalue weighted by Gasteiger charge is 2.65. The zero-order valence-corrected chi connectivity index (χ0v) is 7.19. The van der Waals surface area contributed by atoms with Gasteiger partial charge in [-0.05, 0) is 5.92 Å². The second-order valence-electron chi connectivity index (χ2n) is 4.21. The van der Waals surface area contributed by atoms with Gasteiger partial charge in [-0.15, -0.1) is 0 Å². The molecule has 3 fully saturated rings. The molecule has 0 aromatic carbocycles. The van der Waals surface area contributed by atoms with Crippen LogP contribution in [0.5, 0.6) is 0 Å². The lowest BCUT2D eigenvalue weighted by molar-refractivity contribution is -0.144. The molecule has 3 aliphatic rings. The molecule has 0 N–H and O–H groups in total. The van der Waals surface area contributed by atoms with Gasteiger partial charge >= 0.3 is 5.97 Å². The summed E-state index contributed by atoms with van der Waals surface area (Å²) in [5.74, 6) is 0.754. The molecule has 3 heterocycles. The number of fused-ring (bicyclic) bond motifs is 1. The van der Waals surface area contributed by atoms with E-state index in [0.29, 0.717) is 11.8 Å². The van der Waals surface area contributed by atoms with Gasteiger partial charge in [0, 0.05) is 5.92 Å². The van der Waals surface area contributed by atoms with Crippen LogP contribution in [0, 0.1) is 17.8 Å². The largest absolute Gasteiger partial charge is 0.459 e. The minimum atomic E-state index is -0.0376. The van der Waals surface area contributed by atoms with Crippen molar-refractivity contribution in [1.82, 2.24) is 0 Å². The van der Waals surface area contributed by atoms with Crippen molar-refractivity contribution in [3.8, 4) is 0 Å². The van der Waals surface area contributed by atoms with Crippen molar-refractivity contribution in [2.45, 2.75) is 32.2 Å². The lowest BCUT2D eigenvalue weighted by Crippen LogP contribution is -2.35. The van der Waals surface area contributed by atoms with Crippen LogP contribution in [0.25, 0.3) is 0 Å². The van der Waals surface area contributed by atoms with Gasteiger partial charge in [-0.3, -0.25) is 4.79 Å². The Kier molecular flexibility index (Phi) is 1.06. The molecule has 0 aromatic heterocycles. The van der Waals surface area contributed by atoms with Crippen molar-refractivity contribution in [3.05, 3.63) is 0 Å². The summed E-state index contributed by atoms with van der Waals surface area (Å²) in [4.78, 5) is 11.3. The zero-order valence-electron chi connectivity index (χ0n) is 7.19. The Bertz CT molecular complexity index is 250. The molecule has 0 amide bonds. The van der Waals surface area contributed by atoms with Gasteiger partial charge in [0.15, 0.2) is 0 Å². The van der Waals surface area contributed by atoms with Crippen LogP contribution in [0.4, 0.5) is 0 Å². The first-order valence-corrected chi connectivity index (χ1v) is 4.56. The minimum absolute atomic E-state index is 0.0376. The van der Waals surface area contributed by atoms with Gasteiger partial charge in [0.1, 0.15) is 12.2 Å². The van der Waals surface area contributed by atoms with Gasteiger partial charge in [0.2, 0.25) is 0 Å². The number of carbonyl (C=O) groups is 1. The molecule has 0 saturated carbocycles. The number of hydrogen-bond acceptors (Lipinski definition) is 3. The molecule has 3 aliphatic heterocycles. The van der Waals surface area contributed by atoms with Crippen LogP contribution in [-0.4, -0.2) is 24.3 Å². The van der Waals surface area contributed by atoms with E-state index in [0.717, 1.165) is 0 Å². The summed E-state index contributed by atoms with van der Waals surface area (Å²) < 4.78 is 11.0. The van der Waals surface area contributed by atoms with Crippen molar-refractivity contribution in [2.75, 3.05) is 0 Å².